The molecule has 3 N–H and O–H groups in total. The van der Waals surface area contributed by atoms with Crippen LogP contribution in [0.5, 0.6) is 0 Å². The number of carbonyl (C=O) groups is 2. The van der Waals surface area contributed by atoms with Gasteiger partial charge in [-0.15, -0.1) is 0 Å². The standard InChI is InChI=1S/C56H105NO5/c1-4-7-10-13-16-19-22-25-27-28-31-34-37-40-43-46-49-56(61)62-52(47-44-41-38-35-32-29-24-21-18-15-12-9-6-3)50-55(60)57-53(51-58)54(59)48-45-42-39-36-33-30-26-23-20-17-14-11-8-5-2/h21,24,27-28,31,34,52-54,58-59H,4-20,22-23,25-26,29-30,32-33,35-51H2,1-3H3,(H,57,60)/b24-21-,28-27+,34-31+. The van der Waals surface area contributed by atoms with Crippen molar-refractivity contribution in [2.45, 2.75) is 302 Å². The van der Waals surface area contributed by atoms with Crippen LogP contribution >= 0.6 is 0 Å². The third kappa shape index (κ3) is 44.7. The van der Waals surface area contributed by atoms with Crippen LogP contribution in [0.3, 0.4) is 0 Å². The van der Waals surface area contributed by atoms with Gasteiger partial charge in [-0.1, -0.05) is 231 Å². The van der Waals surface area contributed by atoms with E-state index in [2.05, 4.69) is 62.5 Å². The van der Waals surface area contributed by atoms with E-state index in [-0.39, 0.29) is 24.9 Å². The van der Waals surface area contributed by atoms with Gasteiger partial charge in [0.1, 0.15) is 6.10 Å². The highest BCUT2D eigenvalue weighted by molar-refractivity contribution is 5.77. The molecule has 0 aliphatic rings. The van der Waals surface area contributed by atoms with Gasteiger partial charge in [0.25, 0.3) is 0 Å². The van der Waals surface area contributed by atoms with Gasteiger partial charge in [-0.05, 0) is 77.0 Å². The molecule has 6 heteroatoms. The van der Waals surface area contributed by atoms with E-state index in [1.807, 2.05) is 0 Å². The van der Waals surface area contributed by atoms with Crippen molar-refractivity contribution < 1.29 is 24.5 Å². The summed E-state index contributed by atoms with van der Waals surface area (Å²) >= 11 is 0. The zero-order valence-electron chi connectivity index (χ0n) is 41.5. The lowest BCUT2D eigenvalue weighted by Gasteiger charge is -2.24. The number of hydrogen-bond acceptors (Lipinski definition) is 5. The normalized spacial score (nSPS) is 13.4. The van der Waals surface area contributed by atoms with E-state index in [1.54, 1.807) is 0 Å². The van der Waals surface area contributed by atoms with Gasteiger partial charge in [-0.2, -0.15) is 0 Å². The number of amides is 1. The molecule has 0 saturated heterocycles. The SMILES string of the molecule is CCCCCC/C=C\CCCCCCCC(CC(=O)NC(CO)C(O)CCCCCCCCCCCCCCCC)OC(=O)CCCCC/C=C/C=C/CCCCCCCCC. The second-order valence-corrected chi connectivity index (χ2v) is 18.7. The fourth-order valence-electron chi connectivity index (χ4n) is 8.30. The Bertz CT molecular complexity index is 1020. The van der Waals surface area contributed by atoms with Gasteiger partial charge < -0.3 is 20.3 Å². The Morgan fingerprint density at radius 1 is 0.468 bits per heavy atom. The Morgan fingerprint density at radius 2 is 0.823 bits per heavy atom. The summed E-state index contributed by atoms with van der Waals surface area (Å²) in [7, 11) is 0. The predicted molar refractivity (Wildman–Crippen MR) is 269 cm³/mol. The minimum atomic E-state index is -0.793. The summed E-state index contributed by atoms with van der Waals surface area (Å²) in [5.41, 5.74) is 0. The number of nitrogens with one attached hydrogen (secondary N) is 1. The molecule has 364 valence electrons. The van der Waals surface area contributed by atoms with Crippen LogP contribution in [0.4, 0.5) is 0 Å². The largest absolute Gasteiger partial charge is 0.462 e. The molecule has 0 aromatic carbocycles. The number of allylic oxidation sites excluding steroid dienone is 6. The summed E-state index contributed by atoms with van der Waals surface area (Å²) in [5.74, 6) is -0.503. The Labute approximate surface area is 385 Å². The number of rotatable bonds is 49. The molecular weight excluding hydrogens is 767 g/mol. The summed E-state index contributed by atoms with van der Waals surface area (Å²) < 4.78 is 5.93. The molecule has 0 spiro atoms. The Hall–Kier alpha value is -1.92. The van der Waals surface area contributed by atoms with Gasteiger partial charge in [-0.3, -0.25) is 9.59 Å². The Balaban J connectivity index is 4.59. The molecule has 0 radical (unpaired) electrons. The lowest BCUT2D eigenvalue weighted by Crippen LogP contribution is -2.46. The Kier molecular flexibility index (Phi) is 48.5. The molecule has 0 aromatic rings. The van der Waals surface area contributed by atoms with Crippen molar-refractivity contribution in [1.82, 2.24) is 5.32 Å². The van der Waals surface area contributed by atoms with E-state index in [9.17, 15) is 19.8 Å². The highest BCUT2D eigenvalue weighted by Gasteiger charge is 2.24. The number of carbonyl (C=O) groups excluding carboxylic acids is 2. The molecule has 0 saturated carbocycles. The van der Waals surface area contributed by atoms with Crippen molar-refractivity contribution >= 4 is 11.9 Å². The summed E-state index contributed by atoms with van der Waals surface area (Å²) in [6.45, 7) is 6.48. The first kappa shape index (κ1) is 60.1. The van der Waals surface area contributed by atoms with Crippen molar-refractivity contribution in [3.63, 3.8) is 0 Å². The molecular formula is C56H105NO5. The molecule has 0 heterocycles. The maximum Gasteiger partial charge on any atom is 0.306 e. The smallest absolute Gasteiger partial charge is 0.306 e. The minimum absolute atomic E-state index is 0.0636. The summed E-state index contributed by atoms with van der Waals surface area (Å²) in [4.78, 5) is 26.2. The molecule has 0 aromatic heterocycles. The van der Waals surface area contributed by atoms with Crippen LogP contribution < -0.4 is 5.32 Å². The average Bonchev–Trinajstić information content (AvgIpc) is 3.26. The molecule has 0 fully saturated rings. The predicted octanol–water partition coefficient (Wildman–Crippen LogP) is 16.5. The van der Waals surface area contributed by atoms with Crippen LogP contribution in [0.15, 0.2) is 36.5 Å². The van der Waals surface area contributed by atoms with E-state index in [0.29, 0.717) is 19.3 Å². The number of aliphatic hydroxyl groups is 2. The van der Waals surface area contributed by atoms with Crippen LogP contribution in [-0.4, -0.2) is 46.9 Å². The first-order chi connectivity index (χ1) is 30.5. The van der Waals surface area contributed by atoms with Crippen molar-refractivity contribution in [2.75, 3.05) is 6.61 Å². The Morgan fingerprint density at radius 3 is 1.26 bits per heavy atom. The van der Waals surface area contributed by atoms with E-state index in [4.69, 9.17) is 4.74 Å². The first-order valence-corrected chi connectivity index (χ1v) is 27.2. The van der Waals surface area contributed by atoms with Crippen LogP contribution in [0, 0.1) is 0 Å². The topological polar surface area (TPSA) is 95.9 Å². The van der Waals surface area contributed by atoms with Crippen molar-refractivity contribution in [3.8, 4) is 0 Å². The molecule has 62 heavy (non-hydrogen) atoms. The zero-order valence-corrected chi connectivity index (χ0v) is 41.5. The highest BCUT2D eigenvalue weighted by Crippen LogP contribution is 2.18. The lowest BCUT2D eigenvalue weighted by atomic mass is 10.0. The van der Waals surface area contributed by atoms with Gasteiger partial charge >= 0.3 is 5.97 Å². The van der Waals surface area contributed by atoms with Gasteiger partial charge in [0.05, 0.1) is 25.2 Å². The molecule has 1 amide bonds. The third-order valence-electron chi connectivity index (χ3n) is 12.5. The monoisotopic (exact) mass is 872 g/mol. The van der Waals surface area contributed by atoms with E-state index in [0.717, 1.165) is 77.0 Å². The average molecular weight is 872 g/mol. The molecule has 3 unspecified atom stereocenters. The number of ether oxygens (including phenoxy) is 1. The zero-order chi connectivity index (χ0) is 45.2. The first-order valence-electron chi connectivity index (χ1n) is 27.2. The number of aliphatic hydroxyl groups excluding tert-OH is 2. The summed E-state index contributed by atoms with van der Waals surface area (Å²) in [6.07, 6.45) is 59.2. The third-order valence-corrected chi connectivity index (χ3v) is 12.5. The quantitative estimate of drug-likeness (QED) is 0.0245. The van der Waals surface area contributed by atoms with Crippen molar-refractivity contribution in [3.05, 3.63) is 36.5 Å². The molecule has 6 nitrogen and oxygen atoms in total. The van der Waals surface area contributed by atoms with E-state index >= 15 is 0 Å². The maximum absolute atomic E-state index is 13.2. The fourth-order valence-corrected chi connectivity index (χ4v) is 8.30. The molecule has 0 bridgehead atoms. The number of unbranched alkanes of at least 4 members (excludes halogenated alkanes) is 32. The highest BCUT2D eigenvalue weighted by atomic mass is 16.5. The lowest BCUT2D eigenvalue weighted by molar-refractivity contribution is -0.151. The number of hydrogen-bond donors (Lipinski definition) is 3. The van der Waals surface area contributed by atoms with Gasteiger partial charge in [-0.25, -0.2) is 0 Å². The van der Waals surface area contributed by atoms with Crippen molar-refractivity contribution in [2.24, 2.45) is 0 Å². The molecule has 0 rings (SSSR count). The second-order valence-electron chi connectivity index (χ2n) is 18.7. The maximum atomic E-state index is 13.2. The van der Waals surface area contributed by atoms with Crippen LogP contribution in [-0.2, 0) is 14.3 Å². The van der Waals surface area contributed by atoms with Gasteiger partial charge in [0, 0.05) is 6.42 Å². The summed E-state index contributed by atoms with van der Waals surface area (Å²) in [5, 5.41) is 23.8. The fraction of sp³-hybridized carbons (Fsp3) is 0.857. The van der Waals surface area contributed by atoms with Crippen molar-refractivity contribution in [1.29, 1.82) is 0 Å². The van der Waals surface area contributed by atoms with E-state index in [1.165, 1.54) is 161 Å². The van der Waals surface area contributed by atoms with Gasteiger partial charge in [0.2, 0.25) is 5.91 Å². The van der Waals surface area contributed by atoms with Crippen LogP contribution in [0.1, 0.15) is 284 Å². The molecule has 0 aliphatic heterocycles. The van der Waals surface area contributed by atoms with Crippen LogP contribution in [0.2, 0.25) is 0 Å². The molecule has 0 aliphatic carbocycles. The summed E-state index contributed by atoms with van der Waals surface area (Å²) in [6, 6.07) is -0.708. The second kappa shape index (κ2) is 50.1. The van der Waals surface area contributed by atoms with Crippen LogP contribution in [0.25, 0.3) is 0 Å². The number of esters is 1. The van der Waals surface area contributed by atoms with E-state index < -0.39 is 18.2 Å². The van der Waals surface area contributed by atoms with Gasteiger partial charge in [0.15, 0.2) is 0 Å². The minimum Gasteiger partial charge on any atom is -0.462 e. The molecule has 3 atom stereocenters.